The van der Waals surface area contributed by atoms with Crippen molar-refractivity contribution >= 4 is 17.3 Å². The first-order valence-electron chi connectivity index (χ1n) is 8.54. The maximum Gasteiger partial charge on any atom is 0.345 e. The van der Waals surface area contributed by atoms with Gasteiger partial charge in [-0.05, 0) is 24.3 Å². The summed E-state index contributed by atoms with van der Waals surface area (Å²) in [5.74, 6) is -0.179. The molecule has 0 aliphatic rings. The summed E-state index contributed by atoms with van der Waals surface area (Å²) >= 11 is 0. The number of hydrogen-bond donors (Lipinski definition) is 0. The average Bonchev–Trinajstić information content (AvgIpc) is 2.78. The Morgan fingerprint density at radius 2 is 1.55 bits per heavy atom. The molecule has 0 bridgehead atoms. The van der Waals surface area contributed by atoms with Gasteiger partial charge in [0.1, 0.15) is 11.5 Å². The molecule has 1 aromatic heterocycles. The van der Waals surface area contributed by atoms with Gasteiger partial charge in [0.2, 0.25) is 5.88 Å². The Labute approximate surface area is 174 Å². The minimum absolute atomic E-state index is 0.204. The molecule has 2 aromatic carbocycles. The third-order valence-electron chi connectivity index (χ3n) is 4.08. The Balaban J connectivity index is 1.86. The molecular formula is C19H14N4O8. The van der Waals surface area contributed by atoms with Crippen molar-refractivity contribution < 1.29 is 28.9 Å². The van der Waals surface area contributed by atoms with Crippen LogP contribution in [0.25, 0.3) is 11.3 Å². The van der Waals surface area contributed by atoms with Crippen molar-refractivity contribution in [1.29, 1.82) is 0 Å². The summed E-state index contributed by atoms with van der Waals surface area (Å²) in [5.41, 5.74) is -0.621. The van der Waals surface area contributed by atoms with Crippen LogP contribution in [0.5, 0.6) is 17.4 Å². The van der Waals surface area contributed by atoms with Crippen LogP contribution in [0.2, 0.25) is 0 Å². The highest BCUT2D eigenvalue weighted by Crippen LogP contribution is 2.32. The predicted molar refractivity (Wildman–Crippen MR) is 105 cm³/mol. The third-order valence-corrected chi connectivity index (χ3v) is 4.08. The van der Waals surface area contributed by atoms with Crippen molar-refractivity contribution in [3.63, 3.8) is 0 Å². The molecule has 1 heterocycles. The van der Waals surface area contributed by atoms with Crippen molar-refractivity contribution in [3.8, 4) is 28.6 Å². The van der Waals surface area contributed by atoms with Crippen LogP contribution in [0.15, 0.2) is 48.5 Å². The van der Waals surface area contributed by atoms with Gasteiger partial charge in [0.05, 0.1) is 41.4 Å². The quantitative estimate of drug-likeness (QED) is 0.312. The molecule has 0 spiro atoms. The van der Waals surface area contributed by atoms with Crippen LogP contribution in [-0.2, 0) is 0 Å². The third kappa shape index (κ3) is 4.70. The molecule has 0 N–H and O–H groups in total. The Kier molecular flexibility index (Phi) is 6.00. The molecule has 0 saturated carbocycles. The van der Waals surface area contributed by atoms with E-state index in [4.69, 9.17) is 14.2 Å². The van der Waals surface area contributed by atoms with E-state index in [1.165, 1.54) is 26.4 Å². The summed E-state index contributed by atoms with van der Waals surface area (Å²) in [5, 5.41) is 29.7. The fourth-order valence-corrected chi connectivity index (χ4v) is 2.61. The van der Waals surface area contributed by atoms with Gasteiger partial charge in [0.15, 0.2) is 0 Å². The van der Waals surface area contributed by atoms with E-state index in [0.29, 0.717) is 22.8 Å². The van der Waals surface area contributed by atoms with Crippen molar-refractivity contribution in [1.82, 2.24) is 10.2 Å². The van der Waals surface area contributed by atoms with Gasteiger partial charge in [-0.25, -0.2) is 4.79 Å². The topological polar surface area (TPSA) is 157 Å². The number of nitro groups is 2. The van der Waals surface area contributed by atoms with Crippen LogP contribution in [0, 0.1) is 20.2 Å². The Morgan fingerprint density at radius 1 is 0.871 bits per heavy atom. The highest BCUT2D eigenvalue weighted by atomic mass is 16.6. The van der Waals surface area contributed by atoms with E-state index in [-0.39, 0.29) is 11.4 Å². The second-order valence-electron chi connectivity index (χ2n) is 5.96. The zero-order valence-electron chi connectivity index (χ0n) is 16.2. The number of aromatic nitrogens is 2. The number of carbonyl (C=O) groups excluding carboxylic acids is 1. The van der Waals surface area contributed by atoms with Crippen molar-refractivity contribution in [3.05, 3.63) is 74.3 Å². The van der Waals surface area contributed by atoms with Gasteiger partial charge in [-0.1, -0.05) is 0 Å². The molecule has 0 amide bonds. The number of carbonyl (C=O) groups is 1. The number of ether oxygens (including phenoxy) is 3. The first kappa shape index (κ1) is 21.1. The minimum atomic E-state index is -1.06. The molecule has 12 nitrogen and oxygen atoms in total. The van der Waals surface area contributed by atoms with Gasteiger partial charge >= 0.3 is 5.97 Å². The lowest BCUT2D eigenvalue weighted by atomic mass is 10.1. The van der Waals surface area contributed by atoms with Gasteiger partial charge in [-0.2, -0.15) is 0 Å². The minimum Gasteiger partial charge on any atom is -0.497 e. The SMILES string of the molecule is COc1ccc(OC)c(-c2ccc(OC(=O)c3cc([N+](=O)[O-])cc([N+](=O)[O-])c3)nn2)c1. The Morgan fingerprint density at radius 3 is 2.06 bits per heavy atom. The molecule has 0 unspecified atom stereocenters. The maximum absolute atomic E-state index is 12.3. The van der Waals surface area contributed by atoms with Gasteiger partial charge in [0.25, 0.3) is 11.4 Å². The Bertz CT molecular complexity index is 1130. The average molecular weight is 426 g/mol. The van der Waals surface area contributed by atoms with Gasteiger partial charge in [-0.3, -0.25) is 20.2 Å². The fraction of sp³-hybridized carbons (Fsp3) is 0.105. The second-order valence-corrected chi connectivity index (χ2v) is 5.96. The zero-order valence-corrected chi connectivity index (χ0v) is 16.2. The monoisotopic (exact) mass is 426 g/mol. The molecule has 31 heavy (non-hydrogen) atoms. The van der Waals surface area contributed by atoms with Crippen LogP contribution in [0.1, 0.15) is 10.4 Å². The summed E-state index contributed by atoms with van der Waals surface area (Å²) in [6.45, 7) is 0. The summed E-state index contributed by atoms with van der Waals surface area (Å²) in [6.07, 6.45) is 0. The molecular weight excluding hydrogens is 412 g/mol. The van der Waals surface area contributed by atoms with Gasteiger partial charge < -0.3 is 14.2 Å². The van der Waals surface area contributed by atoms with E-state index in [0.717, 1.165) is 18.2 Å². The second kappa shape index (κ2) is 8.82. The van der Waals surface area contributed by atoms with Crippen molar-refractivity contribution in [2.75, 3.05) is 14.2 Å². The van der Waals surface area contributed by atoms with E-state index in [1.54, 1.807) is 18.2 Å². The molecule has 0 aliphatic heterocycles. The number of nitro benzene ring substituents is 2. The molecule has 0 radical (unpaired) electrons. The van der Waals surface area contributed by atoms with E-state index in [2.05, 4.69) is 10.2 Å². The lowest BCUT2D eigenvalue weighted by molar-refractivity contribution is -0.394. The molecule has 3 rings (SSSR count). The summed E-state index contributed by atoms with van der Waals surface area (Å²) in [7, 11) is 3.01. The Hall–Kier alpha value is -4.61. The summed E-state index contributed by atoms with van der Waals surface area (Å²) in [4.78, 5) is 32.6. The van der Waals surface area contributed by atoms with Gasteiger partial charge in [-0.15, -0.1) is 10.2 Å². The smallest absolute Gasteiger partial charge is 0.345 e. The van der Waals surface area contributed by atoms with Crippen LogP contribution in [0.3, 0.4) is 0 Å². The molecule has 158 valence electrons. The normalized spacial score (nSPS) is 10.3. The highest BCUT2D eigenvalue weighted by Gasteiger charge is 2.21. The van der Waals surface area contributed by atoms with E-state index < -0.39 is 27.2 Å². The van der Waals surface area contributed by atoms with E-state index >= 15 is 0 Å². The lowest BCUT2D eigenvalue weighted by Gasteiger charge is -2.10. The fourth-order valence-electron chi connectivity index (χ4n) is 2.61. The zero-order chi connectivity index (χ0) is 22.5. The van der Waals surface area contributed by atoms with Gasteiger partial charge in [0, 0.05) is 23.8 Å². The first-order chi connectivity index (χ1) is 14.8. The highest BCUT2D eigenvalue weighted by molar-refractivity contribution is 5.92. The maximum atomic E-state index is 12.3. The first-order valence-corrected chi connectivity index (χ1v) is 8.54. The van der Waals surface area contributed by atoms with Crippen LogP contribution < -0.4 is 14.2 Å². The number of methoxy groups -OCH3 is 2. The number of non-ortho nitro benzene ring substituents is 2. The molecule has 0 atom stereocenters. The largest absolute Gasteiger partial charge is 0.497 e. The van der Waals surface area contributed by atoms with Crippen LogP contribution in [-0.4, -0.2) is 40.2 Å². The molecule has 0 fully saturated rings. The number of rotatable bonds is 7. The standard InChI is InChI=1S/C19H14N4O8/c1-29-14-3-5-17(30-2)15(10-14)16-4-6-18(21-20-16)31-19(24)11-7-12(22(25)26)9-13(8-11)23(27)28/h3-10H,1-2H3. The summed E-state index contributed by atoms with van der Waals surface area (Å²) in [6, 6.07) is 10.5. The molecule has 12 heteroatoms. The number of esters is 1. The van der Waals surface area contributed by atoms with Crippen molar-refractivity contribution in [2.45, 2.75) is 0 Å². The predicted octanol–water partition coefficient (Wildman–Crippen LogP) is 3.20. The molecule has 0 aliphatic carbocycles. The number of benzene rings is 2. The van der Waals surface area contributed by atoms with Crippen LogP contribution in [0.4, 0.5) is 11.4 Å². The van der Waals surface area contributed by atoms with E-state index in [9.17, 15) is 25.0 Å². The molecule has 0 saturated heterocycles. The summed E-state index contributed by atoms with van der Waals surface area (Å²) < 4.78 is 15.5. The lowest BCUT2D eigenvalue weighted by Crippen LogP contribution is -2.11. The van der Waals surface area contributed by atoms with E-state index in [1.807, 2.05) is 0 Å². The number of hydrogen-bond acceptors (Lipinski definition) is 10. The molecule has 3 aromatic rings. The number of nitrogens with zero attached hydrogens (tertiary/aromatic N) is 4. The van der Waals surface area contributed by atoms with Crippen LogP contribution >= 0.6 is 0 Å². The van der Waals surface area contributed by atoms with Crippen molar-refractivity contribution in [2.24, 2.45) is 0 Å².